The molecule has 0 amide bonds. The van der Waals surface area contributed by atoms with Crippen molar-refractivity contribution < 1.29 is 19.7 Å². The quantitative estimate of drug-likeness (QED) is 0.357. The second-order valence-electron chi connectivity index (χ2n) is 8.51. The maximum Gasteiger partial charge on any atom is 0.303 e. The molecular formula is C24H32Cl2N2O4S. The van der Waals surface area contributed by atoms with Crippen LogP contribution in [0.1, 0.15) is 48.3 Å². The summed E-state index contributed by atoms with van der Waals surface area (Å²) < 4.78 is 5.88. The van der Waals surface area contributed by atoms with Gasteiger partial charge in [-0.2, -0.15) is 0 Å². The minimum Gasteiger partial charge on any atom is -0.481 e. The number of aliphatic hydroxyl groups is 1. The third kappa shape index (κ3) is 8.21. The highest BCUT2D eigenvalue weighted by Gasteiger charge is 2.24. The number of likely N-dealkylation sites (tertiary alicyclic amines) is 1. The standard InChI is InChI=1S/C24H32Cl2N2O4S/c1-16(24-18(8-10-33-24)5-7-23(30)31)32-14-20(29)13-27-15-28-9-2-3-19(28)11-17-4-6-21(25)22(26)12-17/h4,6,8,10,12,16,19-20,27,29H,2-3,5,7,9,11,13-15H2,1H3,(H,30,31)/t16?,19-,20+/m0/s1. The molecule has 0 radical (unpaired) electrons. The van der Waals surface area contributed by atoms with Crippen LogP contribution in [0.15, 0.2) is 29.6 Å². The molecule has 0 spiro atoms. The molecule has 1 unspecified atom stereocenters. The van der Waals surface area contributed by atoms with E-state index in [4.69, 9.17) is 33.0 Å². The summed E-state index contributed by atoms with van der Waals surface area (Å²) in [7, 11) is 0. The predicted molar refractivity (Wildman–Crippen MR) is 133 cm³/mol. The fourth-order valence-corrected chi connectivity index (χ4v) is 5.47. The van der Waals surface area contributed by atoms with Crippen molar-refractivity contribution >= 4 is 40.5 Å². The highest BCUT2D eigenvalue weighted by molar-refractivity contribution is 7.10. The van der Waals surface area contributed by atoms with Crippen LogP contribution in [0.25, 0.3) is 0 Å². The number of ether oxygens (including phenoxy) is 1. The van der Waals surface area contributed by atoms with Gasteiger partial charge >= 0.3 is 5.97 Å². The number of aliphatic carboxylic acids is 1. The Labute approximate surface area is 209 Å². The summed E-state index contributed by atoms with van der Waals surface area (Å²) in [6, 6.07) is 8.20. The third-order valence-electron chi connectivity index (χ3n) is 5.95. The number of halogens is 2. The first-order chi connectivity index (χ1) is 15.8. The monoisotopic (exact) mass is 514 g/mol. The van der Waals surface area contributed by atoms with Crippen LogP contribution in [0.2, 0.25) is 10.0 Å². The summed E-state index contributed by atoms with van der Waals surface area (Å²) in [6.45, 7) is 4.34. The Morgan fingerprint density at radius 1 is 1.33 bits per heavy atom. The highest BCUT2D eigenvalue weighted by Crippen LogP contribution is 2.28. The summed E-state index contributed by atoms with van der Waals surface area (Å²) >= 11 is 13.7. The van der Waals surface area contributed by atoms with Crippen molar-refractivity contribution in [2.75, 3.05) is 26.4 Å². The van der Waals surface area contributed by atoms with E-state index in [9.17, 15) is 9.90 Å². The van der Waals surface area contributed by atoms with Crippen molar-refractivity contribution in [3.8, 4) is 0 Å². The Bertz CT molecular complexity index is 910. The van der Waals surface area contributed by atoms with E-state index in [1.54, 1.807) is 11.3 Å². The number of aliphatic hydroxyl groups excluding tert-OH is 1. The van der Waals surface area contributed by atoms with Crippen molar-refractivity contribution in [2.24, 2.45) is 0 Å². The maximum atomic E-state index is 10.8. The number of benzene rings is 1. The Morgan fingerprint density at radius 3 is 2.91 bits per heavy atom. The molecule has 0 saturated carbocycles. The Kier molecular flexibility index (Phi) is 10.4. The molecule has 33 heavy (non-hydrogen) atoms. The van der Waals surface area contributed by atoms with Crippen LogP contribution < -0.4 is 5.32 Å². The molecular weight excluding hydrogens is 483 g/mol. The van der Waals surface area contributed by atoms with Crippen molar-refractivity contribution in [3.63, 3.8) is 0 Å². The van der Waals surface area contributed by atoms with E-state index in [0.717, 1.165) is 36.2 Å². The minimum absolute atomic E-state index is 0.103. The van der Waals surface area contributed by atoms with Crippen LogP contribution in [-0.4, -0.2) is 59.6 Å². The average molecular weight is 516 g/mol. The van der Waals surface area contributed by atoms with Crippen LogP contribution in [0, 0.1) is 0 Å². The molecule has 1 aliphatic heterocycles. The number of hydrogen-bond donors (Lipinski definition) is 3. The fourth-order valence-electron chi connectivity index (χ4n) is 4.19. The van der Waals surface area contributed by atoms with Gasteiger partial charge in [-0.1, -0.05) is 29.3 Å². The van der Waals surface area contributed by atoms with E-state index in [2.05, 4.69) is 10.2 Å². The molecule has 2 heterocycles. The van der Waals surface area contributed by atoms with Crippen molar-refractivity contribution in [1.82, 2.24) is 10.2 Å². The summed E-state index contributed by atoms with van der Waals surface area (Å²) in [6.07, 6.45) is 3.00. The Balaban J connectivity index is 1.38. The number of carbonyl (C=O) groups is 1. The largest absolute Gasteiger partial charge is 0.481 e. The molecule has 3 rings (SSSR count). The number of rotatable bonds is 13. The lowest BCUT2D eigenvalue weighted by atomic mass is 10.0. The van der Waals surface area contributed by atoms with E-state index >= 15 is 0 Å². The first kappa shape index (κ1) is 26.4. The molecule has 0 aliphatic carbocycles. The zero-order valence-corrected chi connectivity index (χ0v) is 21.1. The summed E-state index contributed by atoms with van der Waals surface area (Å²) in [5.41, 5.74) is 2.18. The maximum absolute atomic E-state index is 10.8. The normalized spacial score (nSPS) is 18.5. The lowest BCUT2D eigenvalue weighted by molar-refractivity contribution is -0.136. The highest BCUT2D eigenvalue weighted by atomic mass is 35.5. The smallest absolute Gasteiger partial charge is 0.303 e. The second-order valence-corrected chi connectivity index (χ2v) is 10.3. The number of carboxylic acids is 1. The summed E-state index contributed by atoms with van der Waals surface area (Å²) in [4.78, 5) is 14.3. The van der Waals surface area contributed by atoms with Gasteiger partial charge in [-0.25, -0.2) is 0 Å². The van der Waals surface area contributed by atoms with Gasteiger partial charge < -0.3 is 20.3 Å². The summed E-state index contributed by atoms with van der Waals surface area (Å²) in [5, 5.41) is 25.7. The van der Waals surface area contributed by atoms with Crippen LogP contribution in [0.4, 0.5) is 0 Å². The van der Waals surface area contributed by atoms with E-state index < -0.39 is 12.1 Å². The van der Waals surface area contributed by atoms with Crippen molar-refractivity contribution in [2.45, 2.75) is 57.3 Å². The van der Waals surface area contributed by atoms with E-state index in [1.165, 1.54) is 5.56 Å². The van der Waals surface area contributed by atoms with Gasteiger partial charge in [0.05, 0.1) is 28.9 Å². The van der Waals surface area contributed by atoms with Crippen LogP contribution >= 0.6 is 34.5 Å². The number of hydrogen-bond acceptors (Lipinski definition) is 6. The molecule has 1 fully saturated rings. The zero-order valence-electron chi connectivity index (χ0n) is 18.8. The van der Waals surface area contributed by atoms with Crippen molar-refractivity contribution in [3.05, 3.63) is 55.7 Å². The van der Waals surface area contributed by atoms with Gasteiger partial charge in [0.1, 0.15) is 0 Å². The van der Waals surface area contributed by atoms with Gasteiger partial charge in [0.2, 0.25) is 0 Å². The van der Waals surface area contributed by atoms with Gasteiger partial charge in [-0.15, -0.1) is 11.3 Å². The lowest BCUT2D eigenvalue weighted by Gasteiger charge is -2.26. The molecule has 9 heteroatoms. The van der Waals surface area contributed by atoms with Gasteiger partial charge in [0.15, 0.2) is 0 Å². The first-order valence-electron chi connectivity index (χ1n) is 11.3. The lowest BCUT2D eigenvalue weighted by Crippen LogP contribution is -2.42. The minimum atomic E-state index is -0.806. The van der Waals surface area contributed by atoms with Crippen LogP contribution in [0.5, 0.6) is 0 Å². The molecule has 1 aromatic carbocycles. The number of thiophene rings is 1. The molecule has 182 valence electrons. The fraction of sp³-hybridized carbons (Fsp3) is 0.542. The number of nitrogens with zero attached hydrogens (tertiary/aromatic N) is 1. The van der Waals surface area contributed by atoms with E-state index in [1.807, 2.05) is 36.6 Å². The molecule has 1 aliphatic rings. The Hall–Kier alpha value is -1.19. The first-order valence-corrected chi connectivity index (χ1v) is 12.9. The molecule has 2 aromatic rings. The molecule has 3 N–H and O–H groups in total. The molecule has 1 saturated heterocycles. The molecule has 0 bridgehead atoms. The number of nitrogens with one attached hydrogen (secondary N) is 1. The third-order valence-corrected chi connectivity index (χ3v) is 7.81. The van der Waals surface area contributed by atoms with Gasteiger partial charge in [0, 0.05) is 30.6 Å². The predicted octanol–water partition coefficient (Wildman–Crippen LogP) is 4.76. The number of carboxylic acid groups (broad SMARTS) is 1. The van der Waals surface area contributed by atoms with Gasteiger partial charge in [-0.3, -0.25) is 9.69 Å². The topological polar surface area (TPSA) is 82.0 Å². The molecule has 1 aromatic heterocycles. The SMILES string of the molecule is CC(OC[C@H](O)CNCN1CCC[C@H]1Cc1ccc(Cl)c(Cl)c1)c1sccc1CCC(=O)O. The molecule has 6 nitrogen and oxygen atoms in total. The van der Waals surface area contributed by atoms with E-state index in [-0.39, 0.29) is 19.1 Å². The van der Waals surface area contributed by atoms with E-state index in [0.29, 0.717) is 35.7 Å². The second kappa shape index (κ2) is 13.0. The molecule has 3 atom stereocenters. The number of aryl methyl sites for hydroxylation is 1. The zero-order chi connectivity index (χ0) is 23.8. The van der Waals surface area contributed by atoms with Crippen molar-refractivity contribution in [1.29, 1.82) is 0 Å². The van der Waals surface area contributed by atoms with Crippen LogP contribution in [-0.2, 0) is 22.4 Å². The van der Waals surface area contributed by atoms with Crippen LogP contribution in [0.3, 0.4) is 0 Å². The van der Waals surface area contributed by atoms with Gasteiger partial charge in [-0.05, 0) is 73.9 Å². The summed E-state index contributed by atoms with van der Waals surface area (Å²) in [5.74, 6) is -0.806. The average Bonchev–Trinajstić information content (AvgIpc) is 3.42. The Morgan fingerprint density at radius 2 is 2.15 bits per heavy atom. The van der Waals surface area contributed by atoms with Gasteiger partial charge in [0.25, 0.3) is 0 Å².